The SMILES string of the molecule is CS(=O)(=O)O[C@@H]1CCN(c2ccc(S(=O)(=O)Cc3nccs3)cc2)C1=O.Cc1cccc(Cl)c1CNC1CCN(c2ccc(S(=O)(=O)Cc3nccs3)cc2)C1=O. The Balaban J connectivity index is 0.000000196. The highest BCUT2D eigenvalue weighted by molar-refractivity contribution is 7.91. The zero-order valence-corrected chi connectivity index (χ0v) is 35.5. The van der Waals surface area contributed by atoms with Gasteiger partial charge in [-0.3, -0.25) is 13.8 Å². The first-order valence-corrected chi connectivity index (χ1v) is 24.7. The van der Waals surface area contributed by atoms with E-state index in [-0.39, 0.29) is 39.7 Å². The predicted octanol–water partition coefficient (Wildman–Crippen LogP) is 5.17. The molecule has 2 amide bonds. The lowest BCUT2D eigenvalue weighted by Gasteiger charge is -2.18. The van der Waals surface area contributed by atoms with E-state index in [2.05, 4.69) is 15.3 Å². The lowest BCUT2D eigenvalue weighted by atomic mass is 10.1. The van der Waals surface area contributed by atoms with Crippen LogP contribution in [0.15, 0.2) is 99.7 Å². The summed E-state index contributed by atoms with van der Waals surface area (Å²) in [6.07, 6.45) is 3.91. The number of benzene rings is 3. The quantitative estimate of drug-likeness (QED) is 0.153. The molecule has 4 heterocycles. The molecule has 7 rings (SSSR count). The molecular formula is C37H38ClN5O9S5. The summed E-state index contributed by atoms with van der Waals surface area (Å²) in [6, 6.07) is 17.8. The van der Waals surface area contributed by atoms with Crippen molar-refractivity contribution in [1.29, 1.82) is 0 Å². The fourth-order valence-electron chi connectivity index (χ4n) is 6.26. The molecule has 302 valence electrons. The number of amides is 2. The van der Waals surface area contributed by atoms with Crippen LogP contribution in [0.2, 0.25) is 5.02 Å². The van der Waals surface area contributed by atoms with Gasteiger partial charge in [0.2, 0.25) is 5.91 Å². The Morgan fingerprint density at radius 1 is 0.754 bits per heavy atom. The molecule has 1 N–H and O–H groups in total. The molecule has 0 radical (unpaired) electrons. The van der Waals surface area contributed by atoms with Crippen LogP contribution < -0.4 is 15.1 Å². The molecule has 20 heteroatoms. The Labute approximate surface area is 344 Å². The Bertz CT molecular complexity index is 2520. The van der Waals surface area contributed by atoms with Crippen LogP contribution in [0, 0.1) is 6.92 Å². The second-order valence-electron chi connectivity index (χ2n) is 13.2. The maximum Gasteiger partial charge on any atom is 0.265 e. The summed E-state index contributed by atoms with van der Waals surface area (Å²) in [4.78, 5) is 36.6. The van der Waals surface area contributed by atoms with Crippen LogP contribution in [0.25, 0.3) is 0 Å². The average molecular weight is 893 g/mol. The maximum absolute atomic E-state index is 12.9. The van der Waals surface area contributed by atoms with Crippen molar-refractivity contribution in [3.8, 4) is 0 Å². The molecule has 2 aliphatic heterocycles. The van der Waals surface area contributed by atoms with Crippen molar-refractivity contribution < 1.29 is 39.0 Å². The van der Waals surface area contributed by atoms with Crippen LogP contribution in [-0.4, -0.2) is 78.5 Å². The number of carbonyl (C=O) groups excluding carboxylic acids is 2. The summed E-state index contributed by atoms with van der Waals surface area (Å²) < 4.78 is 77.2. The number of rotatable bonds is 13. The first-order valence-electron chi connectivity index (χ1n) is 17.4. The van der Waals surface area contributed by atoms with Gasteiger partial charge in [-0.15, -0.1) is 22.7 Å². The van der Waals surface area contributed by atoms with Gasteiger partial charge in [-0.1, -0.05) is 23.7 Å². The van der Waals surface area contributed by atoms with Gasteiger partial charge in [0.15, 0.2) is 25.8 Å². The number of aromatic nitrogens is 2. The third-order valence-corrected chi connectivity index (χ3v) is 15.3. The van der Waals surface area contributed by atoms with E-state index < -0.39 is 41.8 Å². The molecule has 14 nitrogen and oxygen atoms in total. The monoisotopic (exact) mass is 891 g/mol. The molecule has 2 aliphatic rings. The first kappa shape index (κ1) is 42.5. The van der Waals surface area contributed by atoms with Crippen molar-refractivity contribution >= 4 is 87.3 Å². The minimum Gasteiger partial charge on any atom is -0.311 e. The second-order valence-corrected chi connectivity index (χ2v) is 21.1. The van der Waals surface area contributed by atoms with E-state index >= 15 is 0 Å². The van der Waals surface area contributed by atoms with Crippen molar-refractivity contribution in [2.75, 3.05) is 29.1 Å². The number of nitrogens with zero attached hydrogens (tertiary/aromatic N) is 4. The highest BCUT2D eigenvalue weighted by atomic mass is 35.5. The van der Waals surface area contributed by atoms with Crippen molar-refractivity contribution in [1.82, 2.24) is 15.3 Å². The van der Waals surface area contributed by atoms with E-state index in [1.54, 1.807) is 52.3 Å². The van der Waals surface area contributed by atoms with Crippen LogP contribution in [0.3, 0.4) is 0 Å². The zero-order chi connectivity index (χ0) is 41.0. The van der Waals surface area contributed by atoms with Gasteiger partial charge in [0.25, 0.3) is 16.0 Å². The number of aryl methyl sites for hydroxylation is 1. The van der Waals surface area contributed by atoms with Gasteiger partial charge in [0.05, 0.1) is 22.1 Å². The van der Waals surface area contributed by atoms with Gasteiger partial charge in [-0.05, 0) is 79.1 Å². The number of hydrogen-bond donors (Lipinski definition) is 1. The lowest BCUT2D eigenvalue weighted by Crippen LogP contribution is -2.38. The molecule has 0 aliphatic carbocycles. The van der Waals surface area contributed by atoms with Gasteiger partial charge in [0.1, 0.15) is 21.5 Å². The molecule has 3 aromatic carbocycles. The normalized spacial score (nSPS) is 17.5. The van der Waals surface area contributed by atoms with Gasteiger partial charge in [-0.25, -0.2) is 26.8 Å². The van der Waals surface area contributed by atoms with Crippen LogP contribution in [0.4, 0.5) is 11.4 Å². The topological polar surface area (TPSA) is 190 Å². The number of thiazole rings is 2. The maximum atomic E-state index is 12.9. The van der Waals surface area contributed by atoms with E-state index in [1.807, 2.05) is 25.1 Å². The molecular weight excluding hydrogens is 854 g/mol. The average Bonchev–Trinajstić information content (AvgIpc) is 3.99. The largest absolute Gasteiger partial charge is 0.311 e. The summed E-state index contributed by atoms with van der Waals surface area (Å²) in [5.41, 5.74) is 3.25. The van der Waals surface area contributed by atoms with Gasteiger partial charge < -0.3 is 15.1 Å². The lowest BCUT2D eigenvalue weighted by molar-refractivity contribution is -0.122. The van der Waals surface area contributed by atoms with Crippen molar-refractivity contribution in [3.63, 3.8) is 0 Å². The van der Waals surface area contributed by atoms with Crippen LogP contribution in [0.1, 0.15) is 34.0 Å². The van der Waals surface area contributed by atoms with E-state index in [0.29, 0.717) is 52.5 Å². The van der Waals surface area contributed by atoms with Crippen molar-refractivity contribution in [2.45, 2.75) is 59.8 Å². The smallest absolute Gasteiger partial charge is 0.265 e. The summed E-state index contributed by atoms with van der Waals surface area (Å²) in [7, 11) is -10.7. The van der Waals surface area contributed by atoms with E-state index in [1.165, 1.54) is 51.8 Å². The van der Waals surface area contributed by atoms with Gasteiger partial charge in [0, 0.05) is 65.6 Å². The number of nitrogens with one attached hydrogen (secondary N) is 1. The molecule has 0 spiro atoms. The number of sulfone groups is 2. The molecule has 1 unspecified atom stereocenters. The second kappa shape index (κ2) is 17.8. The van der Waals surface area contributed by atoms with Crippen molar-refractivity contribution in [3.05, 3.63) is 116 Å². The Morgan fingerprint density at radius 2 is 1.26 bits per heavy atom. The van der Waals surface area contributed by atoms with Crippen LogP contribution >= 0.6 is 34.3 Å². The minimum absolute atomic E-state index is 0.0249. The molecule has 5 aromatic rings. The number of carbonyl (C=O) groups is 2. The van der Waals surface area contributed by atoms with E-state index in [0.717, 1.165) is 17.4 Å². The molecule has 0 saturated carbocycles. The molecule has 2 saturated heterocycles. The summed E-state index contributed by atoms with van der Waals surface area (Å²) in [5.74, 6) is -0.797. The molecule has 57 heavy (non-hydrogen) atoms. The third-order valence-electron chi connectivity index (χ3n) is 9.14. The fraction of sp³-hybridized carbons (Fsp3) is 0.297. The molecule has 2 fully saturated rings. The standard InChI is InChI=1S/C22H22ClN3O3S2.C15H16N2O6S3/c1-15-3-2-4-19(23)18(15)13-25-20-9-11-26(22(20)27)16-5-7-17(8-6-16)31(28,29)14-21-24-10-12-30-21;1-25(19,20)23-13-6-8-17(15(13)18)11-2-4-12(5-3-11)26(21,22)10-14-16-7-9-24-14/h2-8,10,12,20,25H,9,11,13-14H2,1H3;2-5,7,9,13H,6,8,10H2,1H3/t;13-/m.1/s1. The number of anilines is 2. The van der Waals surface area contributed by atoms with Crippen LogP contribution in [0.5, 0.6) is 0 Å². The molecule has 0 bridgehead atoms. The Hall–Kier alpha value is -4.08. The highest BCUT2D eigenvalue weighted by Crippen LogP contribution is 2.28. The van der Waals surface area contributed by atoms with E-state index in [9.17, 15) is 34.8 Å². The predicted molar refractivity (Wildman–Crippen MR) is 219 cm³/mol. The zero-order valence-electron chi connectivity index (χ0n) is 30.6. The summed E-state index contributed by atoms with van der Waals surface area (Å²) in [5, 5.41) is 8.52. The summed E-state index contributed by atoms with van der Waals surface area (Å²) in [6.45, 7) is 3.38. The number of hydrogen-bond acceptors (Lipinski definition) is 14. The summed E-state index contributed by atoms with van der Waals surface area (Å²) >= 11 is 8.87. The highest BCUT2D eigenvalue weighted by Gasteiger charge is 2.36. The fourth-order valence-corrected chi connectivity index (χ4v) is 11.7. The van der Waals surface area contributed by atoms with Crippen LogP contribution in [-0.2, 0) is 61.6 Å². The number of halogens is 1. The van der Waals surface area contributed by atoms with E-state index in [4.69, 9.17) is 15.8 Å². The van der Waals surface area contributed by atoms with Gasteiger partial charge in [-0.2, -0.15) is 8.42 Å². The Morgan fingerprint density at radius 3 is 1.74 bits per heavy atom. The molecule has 2 atom stereocenters. The van der Waals surface area contributed by atoms with Gasteiger partial charge >= 0.3 is 0 Å². The van der Waals surface area contributed by atoms with Crippen molar-refractivity contribution in [2.24, 2.45) is 0 Å². The Kier molecular flexibility index (Phi) is 13.3. The minimum atomic E-state index is -3.73. The first-order chi connectivity index (χ1) is 27.0. The third kappa shape index (κ3) is 10.7. The molecule has 2 aromatic heterocycles.